The lowest BCUT2D eigenvalue weighted by atomic mass is 10.1. The van der Waals surface area contributed by atoms with Crippen LogP contribution < -0.4 is 14.4 Å². The maximum Gasteiger partial charge on any atom is 0.264 e. The number of fused-ring (bicyclic) bond motifs is 2. The van der Waals surface area contributed by atoms with Gasteiger partial charge in [-0.05, 0) is 35.4 Å². The van der Waals surface area contributed by atoms with Crippen molar-refractivity contribution >= 4 is 5.91 Å². The molecule has 27 heavy (non-hydrogen) atoms. The van der Waals surface area contributed by atoms with E-state index in [1.165, 1.54) is 16.0 Å². The Bertz CT molecular complexity index is 833. The molecular weight excluding hydrogens is 340 g/mol. The molecule has 1 N–H and O–H groups in total. The summed E-state index contributed by atoms with van der Waals surface area (Å²) in [6, 6.07) is 14.5. The largest absolute Gasteiger partial charge is 0.493 e. The predicted octanol–water partition coefficient (Wildman–Crippen LogP) is 0.852. The van der Waals surface area contributed by atoms with E-state index in [0.717, 1.165) is 62.8 Å². The third kappa shape index (κ3) is 3.28. The summed E-state index contributed by atoms with van der Waals surface area (Å²) in [6.45, 7) is 5.40. The van der Waals surface area contributed by atoms with Crippen LogP contribution in [-0.4, -0.2) is 49.7 Å². The number of piperazine rings is 1. The third-order valence-corrected chi connectivity index (χ3v) is 5.91. The maximum atomic E-state index is 12.8. The van der Waals surface area contributed by atoms with Crippen molar-refractivity contribution in [1.82, 2.24) is 4.90 Å². The van der Waals surface area contributed by atoms with Gasteiger partial charge in [0.2, 0.25) is 0 Å². The monoisotopic (exact) mass is 365 g/mol. The maximum absolute atomic E-state index is 12.8. The molecule has 2 aromatic rings. The zero-order valence-electron chi connectivity index (χ0n) is 15.4. The Morgan fingerprint density at radius 2 is 1.93 bits per heavy atom. The standard InChI is InChI=1S/C22H24N2O3/c25-22(21-14-17-3-1-2-4-20(17)27-21)24-10-8-23(9-11-24)15-16-5-6-19-18(13-16)7-12-26-19/h1-6,13,21H,7-12,14-15H2/p+1/t21-/m0/s1. The molecule has 0 saturated carbocycles. The molecule has 1 amide bonds. The number of para-hydroxylation sites is 1. The smallest absolute Gasteiger partial charge is 0.264 e. The van der Waals surface area contributed by atoms with Crippen LogP contribution in [0.4, 0.5) is 0 Å². The molecule has 5 nitrogen and oxygen atoms in total. The van der Waals surface area contributed by atoms with E-state index in [-0.39, 0.29) is 12.0 Å². The van der Waals surface area contributed by atoms with Gasteiger partial charge in [0, 0.05) is 18.4 Å². The molecule has 0 aromatic heterocycles. The van der Waals surface area contributed by atoms with Gasteiger partial charge in [-0.2, -0.15) is 0 Å². The van der Waals surface area contributed by atoms with Gasteiger partial charge in [-0.15, -0.1) is 0 Å². The van der Waals surface area contributed by atoms with Gasteiger partial charge in [0.25, 0.3) is 5.91 Å². The number of benzene rings is 2. The number of nitrogens with one attached hydrogen (secondary N) is 1. The van der Waals surface area contributed by atoms with Crippen molar-refractivity contribution in [3.8, 4) is 11.5 Å². The summed E-state index contributed by atoms with van der Waals surface area (Å²) in [5.74, 6) is 2.04. The first-order valence-corrected chi connectivity index (χ1v) is 9.88. The van der Waals surface area contributed by atoms with Gasteiger partial charge in [0.05, 0.1) is 32.8 Å². The van der Waals surface area contributed by atoms with Crippen molar-refractivity contribution in [2.45, 2.75) is 25.5 Å². The van der Waals surface area contributed by atoms with Gasteiger partial charge in [-0.25, -0.2) is 0 Å². The first kappa shape index (κ1) is 16.6. The van der Waals surface area contributed by atoms with Gasteiger partial charge >= 0.3 is 0 Å². The van der Waals surface area contributed by atoms with Crippen molar-refractivity contribution in [3.05, 3.63) is 59.2 Å². The van der Waals surface area contributed by atoms with E-state index in [1.807, 2.05) is 29.2 Å². The number of carbonyl (C=O) groups excluding carboxylic acids is 1. The van der Waals surface area contributed by atoms with E-state index in [0.29, 0.717) is 6.42 Å². The van der Waals surface area contributed by atoms with Crippen molar-refractivity contribution < 1.29 is 19.2 Å². The second-order valence-corrected chi connectivity index (χ2v) is 7.71. The number of hydrogen-bond donors (Lipinski definition) is 1. The Kier molecular flexibility index (Phi) is 4.24. The SMILES string of the molecule is O=C([C@@H]1Cc2ccccc2O1)N1CC[NH+](Cc2ccc3c(c2)CCO3)CC1. The van der Waals surface area contributed by atoms with Crippen LogP contribution in [0.3, 0.4) is 0 Å². The lowest BCUT2D eigenvalue weighted by Crippen LogP contribution is -3.13. The van der Waals surface area contributed by atoms with Crippen LogP contribution in [0.1, 0.15) is 16.7 Å². The van der Waals surface area contributed by atoms with E-state index >= 15 is 0 Å². The van der Waals surface area contributed by atoms with Gasteiger partial charge in [-0.1, -0.05) is 18.2 Å². The molecule has 0 radical (unpaired) electrons. The second-order valence-electron chi connectivity index (χ2n) is 7.71. The molecule has 0 bridgehead atoms. The molecule has 2 aromatic carbocycles. The van der Waals surface area contributed by atoms with Crippen LogP contribution in [0.15, 0.2) is 42.5 Å². The van der Waals surface area contributed by atoms with Crippen LogP contribution in [0, 0.1) is 0 Å². The molecule has 140 valence electrons. The third-order valence-electron chi connectivity index (χ3n) is 5.91. The summed E-state index contributed by atoms with van der Waals surface area (Å²) in [4.78, 5) is 16.4. The van der Waals surface area contributed by atoms with E-state index in [9.17, 15) is 4.79 Å². The number of quaternary nitrogens is 1. The first-order valence-electron chi connectivity index (χ1n) is 9.88. The summed E-state index contributed by atoms with van der Waals surface area (Å²) < 4.78 is 11.5. The summed E-state index contributed by atoms with van der Waals surface area (Å²) in [5.41, 5.74) is 3.84. The lowest BCUT2D eigenvalue weighted by molar-refractivity contribution is -0.917. The average Bonchev–Trinajstić information content (AvgIpc) is 3.34. The number of nitrogens with zero attached hydrogens (tertiary/aromatic N) is 1. The summed E-state index contributed by atoms with van der Waals surface area (Å²) in [6.07, 6.45) is 1.37. The summed E-state index contributed by atoms with van der Waals surface area (Å²) >= 11 is 0. The summed E-state index contributed by atoms with van der Waals surface area (Å²) in [7, 11) is 0. The van der Waals surface area contributed by atoms with Crippen LogP contribution in [0.25, 0.3) is 0 Å². The highest BCUT2D eigenvalue weighted by Crippen LogP contribution is 2.29. The Morgan fingerprint density at radius 3 is 2.78 bits per heavy atom. The molecule has 3 heterocycles. The zero-order valence-corrected chi connectivity index (χ0v) is 15.4. The fraction of sp³-hybridized carbons (Fsp3) is 0.409. The molecular formula is C22H25N2O3+. The molecule has 0 aliphatic carbocycles. The Balaban J connectivity index is 1.16. The highest BCUT2D eigenvalue weighted by molar-refractivity contribution is 5.82. The minimum atomic E-state index is -0.347. The van der Waals surface area contributed by atoms with Crippen molar-refractivity contribution in [3.63, 3.8) is 0 Å². The molecule has 3 aliphatic heterocycles. The van der Waals surface area contributed by atoms with Crippen molar-refractivity contribution in [2.24, 2.45) is 0 Å². The van der Waals surface area contributed by atoms with Gasteiger partial charge < -0.3 is 19.3 Å². The molecule has 0 unspecified atom stereocenters. The number of ether oxygens (including phenoxy) is 2. The topological polar surface area (TPSA) is 43.2 Å². The Labute approximate surface area is 159 Å². The minimum Gasteiger partial charge on any atom is -0.493 e. The highest BCUT2D eigenvalue weighted by Gasteiger charge is 2.34. The average molecular weight is 365 g/mol. The first-order chi connectivity index (χ1) is 13.3. The van der Waals surface area contributed by atoms with Crippen LogP contribution in [0.2, 0.25) is 0 Å². The lowest BCUT2D eigenvalue weighted by Gasteiger charge is -2.33. The van der Waals surface area contributed by atoms with E-state index in [1.54, 1.807) is 0 Å². The van der Waals surface area contributed by atoms with E-state index in [4.69, 9.17) is 9.47 Å². The minimum absolute atomic E-state index is 0.139. The fourth-order valence-electron chi connectivity index (χ4n) is 4.38. The Morgan fingerprint density at radius 1 is 1.07 bits per heavy atom. The normalized spacial score (nSPS) is 21.3. The Hall–Kier alpha value is -2.53. The van der Waals surface area contributed by atoms with Gasteiger partial charge in [0.15, 0.2) is 6.10 Å². The predicted molar refractivity (Wildman–Crippen MR) is 101 cm³/mol. The van der Waals surface area contributed by atoms with Gasteiger partial charge in [-0.3, -0.25) is 4.79 Å². The number of hydrogen-bond acceptors (Lipinski definition) is 3. The van der Waals surface area contributed by atoms with Crippen LogP contribution in [-0.2, 0) is 24.2 Å². The van der Waals surface area contributed by atoms with E-state index < -0.39 is 0 Å². The van der Waals surface area contributed by atoms with E-state index in [2.05, 4.69) is 18.2 Å². The van der Waals surface area contributed by atoms with Crippen LogP contribution >= 0.6 is 0 Å². The zero-order chi connectivity index (χ0) is 18.2. The number of rotatable bonds is 3. The number of carbonyl (C=O) groups is 1. The molecule has 0 spiro atoms. The molecule has 5 rings (SSSR count). The fourth-order valence-corrected chi connectivity index (χ4v) is 4.38. The number of amides is 1. The van der Waals surface area contributed by atoms with Crippen molar-refractivity contribution in [1.29, 1.82) is 0 Å². The molecule has 1 fully saturated rings. The summed E-state index contributed by atoms with van der Waals surface area (Å²) in [5, 5.41) is 0. The van der Waals surface area contributed by atoms with Crippen molar-refractivity contribution in [2.75, 3.05) is 32.8 Å². The van der Waals surface area contributed by atoms with Gasteiger partial charge in [0.1, 0.15) is 18.0 Å². The second kappa shape index (κ2) is 6.89. The molecule has 3 aliphatic rings. The quantitative estimate of drug-likeness (QED) is 0.877. The molecule has 1 saturated heterocycles. The molecule has 1 atom stereocenters. The highest BCUT2D eigenvalue weighted by atomic mass is 16.5. The van der Waals surface area contributed by atoms with Crippen LogP contribution in [0.5, 0.6) is 11.5 Å². The molecule has 5 heteroatoms.